The van der Waals surface area contributed by atoms with Gasteiger partial charge in [-0.2, -0.15) is 13.2 Å². The maximum Gasteiger partial charge on any atom is 0.411 e. The van der Waals surface area contributed by atoms with Crippen LogP contribution in [0.4, 0.5) is 13.2 Å². The van der Waals surface area contributed by atoms with Gasteiger partial charge in [0.1, 0.15) is 11.7 Å². The molecule has 1 unspecified atom stereocenters. The van der Waals surface area contributed by atoms with E-state index in [0.29, 0.717) is 23.6 Å². The van der Waals surface area contributed by atoms with Gasteiger partial charge in [0.05, 0.1) is 12.5 Å². The van der Waals surface area contributed by atoms with Crippen LogP contribution in [0, 0.1) is 0 Å². The number of thioether (sulfide) groups is 1. The third-order valence-corrected chi connectivity index (χ3v) is 4.70. The van der Waals surface area contributed by atoms with Crippen LogP contribution in [0.25, 0.3) is 0 Å². The molecule has 0 saturated carbocycles. The molecule has 0 aromatic heterocycles. The molecule has 0 radical (unpaired) electrons. The lowest BCUT2D eigenvalue weighted by molar-refractivity contribution is -0.176. The van der Waals surface area contributed by atoms with E-state index in [1.807, 2.05) is 19.1 Å². The Kier molecular flexibility index (Phi) is 6.22. The van der Waals surface area contributed by atoms with E-state index in [1.54, 1.807) is 12.1 Å². The van der Waals surface area contributed by atoms with Gasteiger partial charge in [-0.05, 0) is 18.1 Å². The summed E-state index contributed by atoms with van der Waals surface area (Å²) in [7, 11) is 0. The van der Waals surface area contributed by atoms with Gasteiger partial charge in [-0.1, -0.05) is 29.4 Å². The first kappa shape index (κ1) is 18.4. The Morgan fingerprint density at radius 3 is 2.78 bits per heavy atom. The highest BCUT2D eigenvalue weighted by Crippen LogP contribution is 2.30. The summed E-state index contributed by atoms with van der Waals surface area (Å²) < 4.78 is 40.8. The molecule has 3 nitrogen and oxygen atoms in total. The molecule has 0 saturated heterocycles. The molecule has 23 heavy (non-hydrogen) atoms. The number of rotatable bonds is 6. The Labute approximate surface area is 142 Å². The fraction of sp³-hybridized carbons (Fsp3) is 0.533. The van der Waals surface area contributed by atoms with Gasteiger partial charge < -0.3 is 9.57 Å². The Bertz CT molecular complexity index is 568. The third kappa shape index (κ3) is 6.24. The largest absolute Gasteiger partial charge is 0.411 e. The molecule has 0 spiro atoms. The highest BCUT2D eigenvalue weighted by atomic mass is 35.5. The summed E-state index contributed by atoms with van der Waals surface area (Å²) in [6.07, 6.45) is -3.64. The van der Waals surface area contributed by atoms with E-state index in [0.717, 1.165) is 10.6 Å². The molecule has 1 heterocycles. The predicted octanol–water partition coefficient (Wildman–Crippen LogP) is 4.73. The van der Waals surface area contributed by atoms with E-state index in [4.69, 9.17) is 16.4 Å². The van der Waals surface area contributed by atoms with Crippen LogP contribution in [-0.4, -0.2) is 29.3 Å². The highest BCUT2D eigenvalue weighted by molar-refractivity contribution is 8.13. The quantitative estimate of drug-likeness (QED) is 0.681. The first-order valence-electron chi connectivity index (χ1n) is 6.96. The van der Waals surface area contributed by atoms with Crippen molar-refractivity contribution in [3.8, 4) is 0 Å². The van der Waals surface area contributed by atoms with Crippen molar-refractivity contribution in [1.82, 2.24) is 0 Å². The first-order chi connectivity index (χ1) is 10.8. The van der Waals surface area contributed by atoms with Crippen molar-refractivity contribution in [3.63, 3.8) is 0 Å². The van der Waals surface area contributed by atoms with Gasteiger partial charge in [-0.15, -0.1) is 23.4 Å². The number of oxime groups is 1. The second-order valence-corrected chi connectivity index (χ2v) is 6.87. The number of hydrogen-bond donors (Lipinski definition) is 0. The normalized spacial score (nSPS) is 21.2. The summed E-state index contributed by atoms with van der Waals surface area (Å²) in [4.78, 5) is 5.31. The molecule has 0 aliphatic carbocycles. The number of nitrogens with zero attached hydrogens (tertiary/aromatic N) is 1. The maximum atomic E-state index is 12.1. The van der Waals surface area contributed by atoms with Crippen molar-refractivity contribution in [2.75, 3.05) is 12.5 Å². The Hall–Kier alpha value is -0.920. The zero-order valence-electron chi connectivity index (χ0n) is 12.5. The Balaban J connectivity index is 1.81. The summed E-state index contributed by atoms with van der Waals surface area (Å²) in [6.45, 7) is 0.596. The predicted molar refractivity (Wildman–Crippen MR) is 85.7 cm³/mol. The van der Waals surface area contributed by atoms with E-state index >= 15 is 0 Å². The van der Waals surface area contributed by atoms with E-state index in [9.17, 15) is 13.2 Å². The zero-order chi connectivity index (χ0) is 16.9. The minimum absolute atomic E-state index is 0.0631. The topological polar surface area (TPSA) is 30.8 Å². The molecule has 1 aliphatic rings. The fourth-order valence-electron chi connectivity index (χ4n) is 1.96. The van der Waals surface area contributed by atoms with Gasteiger partial charge >= 0.3 is 6.18 Å². The van der Waals surface area contributed by atoms with Crippen LogP contribution >= 0.6 is 23.4 Å². The lowest BCUT2D eigenvalue weighted by atomic mass is 10.1. The van der Waals surface area contributed by atoms with E-state index < -0.39 is 18.4 Å². The van der Waals surface area contributed by atoms with Gasteiger partial charge in [0.2, 0.25) is 0 Å². The lowest BCUT2D eigenvalue weighted by Crippen LogP contribution is -2.26. The number of ether oxygens (including phenoxy) is 1. The molecule has 0 fully saturated rings. The summed E-state index contributed by atoms with van der Waals surface area (Å²) in [5.41, 5.74) is 1.25. The molecule has 1 aliphatic heterocycles. The maximum absolute atomic E-state index is 12.1. The van der Waals surface area contributed by atoms with Gasteiger partial charge in [-0.3, -0.25) is 0 Å². The second kappa shape index (κ2) is 7.77. The van der Waals surface area contributed by atoms with Crippen molar-refractivity contribution >= 4 is 28.4 Å². The number of benzene rings is 1. The van der Waals surface area contributed by atoms with Gasteiger partial charge in [0.25, 0.3) is 0 Å². The molecule has 1 aromatic rings. The summed E-state index contributed by atoms with van der Waals surface area (Å²) in [6, 6.07) is 7.29. The van der Waals surface area contributed by atoms with E-state index in [-0.39, 0.29) is 6.61 Å². The fourth-order valence-corrected chi connectivity index (χ4v) is 3.11. The summed E-state index contributed by atoms with van der Waals surface area (Å²) in [5.74, 6) is 1.03. The Morgan fingerprint density at radius 1 is 1.39 bits per heavy atom. The van der Waals surface area contributed by atoms with Crippen molar-refractivity contribution in [2.45, 2.75) is 37.5 Å². The Morgan fingerprint density at radius 2 is 2.13 bits per heavy atom. The lowest BCUT2D eigenvalue weighted by Gasteiger charge is -2.16. The zero-order valence-corrected chi connectivity index (χ0v) is 14.1. The molecule has 8 heteroatoms. The minimum atomic E-state index is -4.30. The monoisotopic (exact) mass is 367 g/mol. The van der Waals surface area contributed by atoms with Crippen molar-refractivity contribution in [3.05, 3.63) is 35.4 Å². The van der Waals surface area contributed by atoms with Crippen molar-refractivity contribution in [1.29, 1.82) is 0 Å². The molecule has 0 N–H and O–H groups in total. The van der Waals surface area contributed by atoms with Crippen LogP contribution in [0.15, 0.2) is 29.4 Å². The minimum Gasteiger partial charge on any atom is -0.387 e. The van der Waals surface area contributed by atoms with Gasteiger partial charge in [0.15, 0.2) is 5.60 Å². The molecule has 0 bridgehead atoms. The van der Waals surface area contributed by atoms with Crippen LogP contribution in [0.3, 0.4) is 0 Å². The molecular weight excluding hydrogens is 351 g/mol. The molecular formula is C15H17ClF3NO2S. The molecule has 128 valence electrons. The van der Waals surface area contributed by atoms with Gasteiger partial charge in [-0.25, -0.2) is 0 Å². The van der Waals surface area contributed by atoms with Crippen LogP contribution in [0.2, 0.25) is 0 Å². The average Bonchev–Trinajstić information content (AvgIpc) is 2.87. The number of halogens is 4. The second-order valence-electron chi connectivity index (χ2n) is 5.55. The smallest absolute Gasteiger partial charge is 0.387 e. The molecule has 1 aromatic carbocycles. The summed E-state index contributed by atoms with van der Waals surface area (Å²) in [5, 5.41) is 4.89. The number of alkyl halides is 4. The third-order valence-electron chi connectivity index (χ3n) is 3.11. The van der Waals surface area contributed by atoms with Crippen LogP contribution < -0.4 is 0 Å². The van der Waals surface area contributed by atoms with Crippen molar-refractivity contribution < 1.29 is 22.7 Å². The standard InChI is InChI=1S/C15H17ClF3NO2S/c1-14(9-16)6-13(20-22-14)23-8-12-4-2-3-11(5-12)7-21-10-15(17,18)19/h2-5H,6-10H2,1H3. The molecule has 1 atom stereocenters. The number of hydrogen-bond acceptors (Lipinski definition) is 4. The van der Waals surface area contributed by atoms with Crippen molar-refractivity contribution in [2.24, 2.45) is 5.16 Å². The molecule has 2 rings (SSSR count). The summed E-state index contributed by atoms with van der Waals surface area (Å²) >= 11 is 7.37. The van der Waals surface area contributed by atoms with E-state index in [1.165, 1.54) is 11.8 Å². The highest BCUT2D eigenvalue weighted by Gasteiger charge is 2.33. The van der Waals surface area contributed by atoms with E-state index in [2.05, 4.69) is 9.89 Å². The first-order valence-corrected chi connectivity index (χ1v) is 8.48. The molecule has 0 amide bonds. The van der Waals surface area contributed by atoms with Crippen LogP contribution in [0.1, 0.15) is 24.5 Å². The van der Waals surface area contributed by atoms with Crippen LogP contribution in [-0.2, 0) is 21.9 Å². The van der Waals surface area contributed by atoms with Gasteiger partial charge in [0, 0.05) is 12.2 Å². The SMILES string of the molecule is CC1(CCl)CC(SCc2cccc(COCC(F)(F)F)c2)=NO1. The average molecular weight is 368 g/mol. The van der Waals surface area contributed by atoms with Crippen LogP contribution in [0.5, 0.6) is 0 Å².